The zero-order chi connectivity index (χ0) is 25.3. The summed E-state index contributed by atoms with van der Waals surface area (Å²) in [5, 5.41) is 109. The second-order valence-corrected chi connectivity index (χ2v) is 8.33. The van der Waals surface area contributed by atoms with E-state index in [2.05, 4.69) is 0 Å². The van der Waals surface area contributed by atoms with Gasteiger partial charge in [-0.2, -0.15) is 0 Å². The van der Waals surface area contributed by atoms with Gasteiger partial charge in [-0.1, -0.05) is 0 Å². The quantitative estimate of drug-likeness (QED) is 0.154. The fourth-order valence-corrected chi connectivity index (χ4v) is 4.04. The fraction of sp³-hybridized carbons (Fsp3) is 1.00. The van der Waals surface area contributed by atoms with Gasteiger partial charge in [0, 0.05) is 0 Å². The van der Waals surface area contributed by atoms with Gasteiger partial charge >= 0.3 is 0 Å². The van der Waals surface area contributed by atoms with Crippen molar-refractivity contribution < 1.29 is 79.9 Å². The third kappa shape index (κ3) is 5.37. The van der Waals surface area contributed by atoms with Crippen LogP contribution in [-0.2, 0) is 23.7 Å². The molecule has 11 N–H and O–H groups in total. The molecule has 0 aromatic carbocycles. The van der Waals surface area contributed by atoms with Crippen LogP contribution in [0.1, 0.15) is 0 Å². The maximum atomic E-state index is 10.6. The molecule has 15 atom stereocenters. The molecule has 16 heteroatoms. The van der Waals surface area contributed by atoms with Crippen LogP contribution in [0.5, 0.6) is 0 Å². The molecule has 0 spiro atoms. The lowest BCUT2D eigenvalue weighted by Gasteiger charge is -2.48. The van der Waals surface area contributed by atoms with E-state index in [-0.39, 0.29) is 0 Å². The van der Waals surface area contributed by atoms with E-state index in [1.807, 2.05) is 0 Å². The lowest BCUT2D eigenvalue weighted by molar-refractivity contribution is -0.387. The smallest absolute Gasteiger partial charge is 0.187 e. The summed E-state index contributed by atoms with van der Waals surface area (Å²) in [5.74, 6) is 0. The molecule has 0 aromatic rings. The highest BCUT2D eigenvalue weighted by molar-refractivity contribution is 4.96. The maximum absolute atomic E-state index is 10.6. The first kappa shape index (κ1) is 27.9. The van der Waals surface area contributed by atoms with Gasteiger partial charge in [0.05, 0.1) is 19.8 Å². The minimum absolute atomic E-state index is 0.770. The van der Waals surface area contributed by atoms with Crippen molar-refractivity contribution >= 4 is 0 Å². The van der Waals surface area contributed by atoms with Crippen molar-refractivity contribution in [3.8, 4) is 0 Å². The van der Waals surface area contributed by atoms with Crippen molar-refractivity contribution in [2.24, 2.45) is 0 Å². The van der Waals surface area contributed by atoms with E-state index in [4.69, 9.17) is 23.7 Å². The largest absolute Gasteiger partial charge is 0.394 e. The molecule has 16 nitrogen and oxygen atoms in total. The Bertz CT molecular complexity index is 637. The van der Waals surface area contributed by atoms with Crippen LogP contribution in [0.2, 0.25) is 0 Å². The Hall–Kier alpha value is -0.640. The van der Waals surface area contributed by atoms with Crippen LogP contribution in [0.25, 0.3) is 0 Å². The first-order chi connectivity index (χ1) is 16.0. The predicted octanol–water partition coefficient (Wildman–Crippen LogP) is -7.57. The van der Waals surface area contributed by atoms with Crippen LogP contribution in [0, 0.1) is 0 Å². The topological polar surface area (TPSA) is 269 Å². The molecule has 0 radical (unpaired) electrons. The van der Waals surface area contributed by atoms with Gasteiger partial charge in [-0.15, -0.1) is 0 Å². The zero-order valence-electron chi connectivity index (χ0n) is 17.7. The molecular formula is C18H32O16. The van der Waals surface area contributed by atoms with Crippen LogP contribution in [0.3, 0.4) is 0 Å². The second kappa shape index (κ2) is 11.6. The van der Waals surface area contributed by atoms with Gasteiger partial charge in [0.15, 0.2) is 18.9 Å². The van der Waals surface area contributed by atoms with Crippen molar-refractivity contribution in [1.82, 2.24) is 0 Å². The normalized spacial score (nSPS) is 52.5. The molecule has 3 heterocycles. The SMILES string of the molecule is OC[C@H]1O[C@@H](O[C@H]2[C@H](O[C@@H]3[C@H](O)[C@@H](O)C(O)O[C@@H]3CO)O[C@H](CO)[C@@H](O)[C@@H]2O)[C@H](O)[C@@H](O)[C@H]1O. The summed E-state index contributed by atoms with van der Waals surface area (Å²) in [6.45, 7) is -2.35. The van der Waals surface area contributed by atoms with Crippen molar-refractivity contribution in [3.63, 3.8) is 0 Å². The van der Waals surface area contributed by atoms with Crippen LogP contribution in [0.15, 0.2) is 0 Å². The molecule has 1 unspecified atom stereocenters. The van der Waals surface area contributed by atoms with E-state index >= 15 is 0 Å². The average molecular weight is 504 g/mol. The maximum Gasteiger partial charge on any atom is 0.187 e. The average Bonchev–Trinajstić information content (AvgIpc) is 2.83. The zero-order valence-corrected chi connectivity index (χ0v) is 17.7. The Morgan fingerprint density at radius 3 is 1.47 bits per heavy atom. The lowest BCUT2D eigenvalue weighted by Crippen LogP contribution is -2.66. The third-order valence-corrected chi connectivity index (χ3v) is 6.09. The summed E-state index contributed by atoms with van der Waals surface area (Å²) in [5.41, 5.74) is 0. The molecule has 3 aliphatic heterocycles. The number of rotatable bonds is 7. The summed E-state index contributed by atoms with van der Waals surface area (Å²) in [6.07, 6.45) is -25.6. The van der Waals surface area contributed by atoms with E-state index in [0.717, 1.165) is 0 Å². The highest BCUT2D eigenvalue weighted by atomic mass is 16.8. The number of aliphatic hydroxyl groups is 11. The molecule has 0 amide bonds. The summed E-state index contributed by atoms with van der Waals surface area (Å²) in [6, 6.07) is 0. The van der Waals surface area contributed by atoms with Crippen molar-refractivity contribution in [2.75, 3.05) is 19.8 Å². The molecule has 34 heavy (non-hydrogen) atoms. The highest BCUT2D eigenvalue weighted by Crippen LogP contribution is 2.32. The molecule has 3 saturated heterocycles. The van der Waals surface area contributed by atoms with E-state index in [1.165, 1.54) is 0 Å². The summed E-state index contributed by atoms with van der Waals surface area (Å²) >= 11 is 0. The molecule has 200 valence electrons. The Balaban J connectivity index is 1.84. The van der Waals surface area contributed by atoms with Gasteiger partial charge in [-0.3, -0.25) is 0 Å². The third-order valence-electron chi connectivity index (χ3n) is 6.09. The first-order valence-corrected chi connectivity index (χ1v) is 10.6. The van der Waals surface area contributed by atoms with Crippen LogP contribution < -0.4 is 0 Å². The van der Waals surface area contributed by atoms with Gasteiger partial charge in [0.2, 0.25) is 0 Å². The molecule has 0 aliphatic carbocycles. The van der Waals surface area contributed by atoms with Gasteiger partial charge in [-0.05, 0) is 0 Å². The Morgan fingerprint density at radius 1 is 0.441 bits per heavy atom. The van der Waals surface area contributed by atoms with Crippen molar-refractivity contribution in [1.29, 1.82) is 0 Å². The van der Waals surface area contributed by atoms with E-state index in [0.29, 0.717) is 0 Å². The summed E-state index contributed by atoms with van der Waals surface area (Å²) < 4.78 is 26.7. The van der Waals surface area contributed by atoms with Gasteiger partial charge in [0.1, 0.15) is 73.2 Å². The molecule has 3 fully saturated rings. The molecule has 0 saturated carbocycles. The van der Waals surface area contributed by atoms with Crippen LogP contribution in [0.4, 0.5) is 0 Å². The van der Waals surface area contributed by atoms with Crippen molar-refractivity contribution in [2.45, 2.75) is 92.1 Å². The minimum atomic E-state index is -1.89. The molecule has 0 bridgehead atoms. The summed E-state index contributed by atoms with van der Waals surface area (Å²) in [4.78, 5) is 0. The van der Waals surface area contributed by atoms with Gasteiger partial charge in [-0.25, -0.2) is 0 Å². The molecular weight excluding hydrogens is 472 g/mol. The lowest BCUT2D eigenvalue weighted by atomic mass is 9.96. The monoisotopic (exact) mass is 504 g/mol. The van der Waals surface area contributed by atoms with E-state index in [9.17, 15) is 56.2 Å². The van der Waals surface area contributed by atoms with E-state index < -0.39 is 112 Å². The highest BCUT2D eigenvalue weighted by Gasteiger charge is 2.53. The van der Waals surface area contributed by atoms with Crippen LogP contribution >= 0.6 is 0 Å². The molecule has 3 aliphatic rings. The molecule has 3 rings (SSSR count). The number of aliphatic hydroxyl groups excluding tert-OH is 11. The fourth-order valence-electron chi connectivity index (χ4n) is 4.04. The molecule has 0 aromatic heterocycles. The van der Waals surface area contributed by atoms with E-state index in [1.54, 1.807) is 0 Å². The Labute approximate surface area is 192 Å². The second-order valence-electron chi connectivity index (χ2n) is 8.33. The number of hydrogen-bond acceptors (Lipinski definition) is 16. The predicted molar refractivity (Wildman–Crippen MR) is 101 cm³/mol. The first-order valence-electron chi connectivity index (χ1n) is 10.6. The van der Waals surface area contributed by atoms with Crippen molar-refractivity contribution in [3.05, 3.63) is 0 Å². The number of hydrogen-bond donors (Lipinski definition) is 11. The standard InChI is InChI=1S/C18H32O16/c19-1-4-7(22)9(24)13(28)17(31-4)34-15-10(25)8(23)5(2-20)32-18(15)33-14-6(3-21)30-16(29)12(27)11(14)26/h4-29H,1-3H2/t4-,5-,6-,7+,8-,9+,10+,11-,12-,13-,14+,15-,16?,17+,18+/m1/s1. The number of ether oxygens (including phenoxy) is 5. The Morgan fingerprint density at radius 2 is 0.912 bits per heavy atom. The van der Waals surface area contributed by atoms with Gasteiger partial charge in [0.25, 0.3) is 0 Å². The van der Waals surface area contributed by atoms with Gasteiger partial charge < -0.3 is 79.9 Å². The Kier molecular flexibility index (Phi) is 9.54. The summed E-state index contributed by atoms with van der Waals surface area (Å²) in [7, 11) is 0. The van der Waals surface area contributed by atoms with Crippen LogP contribution in [-0.4, -0.2) is 168 Å². The minimum Gasteiger partial charge on any atom is -0.394 e.